The minimum absolute atomic E-state index is 0. The van der Waals surface area contributed by atoms with E-state index in [0.29, 0.717) is 12.5 Å². The van der Waals surface area contributed by atoms with Crippen molar-refractivity contribution in [3.63, 3.8) is 0 Å². The number of nitro groups is 1. The Balaban J connectivity index is 0.00000529. The van der Waals surface area contributed by atoms with Crippen LogP contribution in [0.3, 0.4) is 0 Å². The van der Waals surface area contributed by atoms with Crippen LogP contribution in [0.4, 0.5) is 5.69 Å². The number of benzene rings is 1. The molecule has 9 heteroatoms. The number of carbonyl (C=O) groups excluding carboxylic acids is 1. The minimum atomic E-state index is -0.437. The summed E-state index contributed by atoms with van der Waals surface area (Å²) in [5.74, 6) is 0.465. The third-order valence-corrected chi connectivity index (χ3v) is 2.90. The second-order valence-corrected chi connectivity index (χ2v) is 5.53. The number of rotatable bonds is 6. The summed E-state index contributed by atoms with van der Waals surface area (Å²) in [6, 6.07) is 6.39. The fourth-order valence-electron chi connectivity index (χ4n) is 1.64. The number of halogens is 1. The Bertz CT molecular complexity index is 573. The van der Waals surface area contributed by atoms with Crippen LogP contribution < -0.4 is 10.6 Å². The molecule has 0 heterocycles. The predicted octanol–water partition coefficient (Wildman–Crippen LogP) is 1.74. The summed E-state index contributed by atoms with van der Waals surface area (Å²) in [5, 5.41) is 16.7. The van der Waals surface area contributed by atoms with Gasteiger partial charge in [-0.25, -0.2) is 4.99 Å². The molecule has 0 radical (unpaired) electrons. The van der Waals surface area contributed by atoms with Gasteiger partial charge in [0.2, 0.25) is 5.91 Å². The molecule has 1 aromatic carbocycles. The lowest BCUT2D eigenvalue weighted by Crippen LogP contribution is -2.45. The number of aliphatic imine (C=N–C) groups is 1. The average molecular weight is 449 g/mol. The Morgan fingerprint density at radius 3 is 2.33 bits per heavy atom. The lowest BCUT2D eigenvalue weighted by atomic mass is 10.2. The van der Waals surface area contributed by atoms with Crippen molar-refractivity contribution >= 4 is 41.5 Å². The van der Waals surface area contributed by atoms with Gasteiger partial charge in [-0.2, -0.15) is 0 Å². The second kappa shape index (κ2) is 10.8. The molecule has 0 fully saturated rings. The van der Waals surface area contributed by atoms with E-state index in [1.54, 1.807) is 26.2 Å². The van der Waals surface area contributed by atoms with E-state index in [-0.39, 0.29) is 48.2 Å². The van der Waals surface area contributed by atoms with Gasteiger partial charge in [0.05, 0.1) is 18.0 Å². The van der Waals surface area contributed by atoms with Crippen molar-refractivity contribution in [1.82, 2.24) is 15.5 Å². The maximum Gasteiger partial charge on any atom is 0.269 e. The van der Waals surface area contributed by atoms with E-state index in [2.05, 4.69) is 15.6 Å². The standard InChI is InChI=1S/C15H23N5O3.HI/c1-11(2)18-15(17-10-14(21)19(3)4)16-9-12-5-7-13(8-6-12)20(22)23;/h5-8,11H,9-10H2,1-4H3,(H2,16,17,18);1H. The van der Waals surface area contributed by atoms with Gasteiger partial charge in [-0.05, 0) is 19.4 Å². The van der Waals surface area contributed by atoms with Crippen molar-refractivity contribution in [2.75, 3.05) is 20.6 Å². The number of carbonyl (C=O) groups is 1. The molecule has 1 rings (SSSR count). The number of nitro benzene ring substituents is 1. The van der Waals surface area contributed by atoms with Crippen LogP contribution in [0, 0.1) is 10.1 Å². The SMILES string of the molecule is CC(C)NC(=NCc1ccc([N+](=O)[O-])cc1)NCC(=O)N(C)C.I. The number of nitrogens with one attached hydrogen (secondary N) is 2. The number of hydrogen-bond donors (Lipinski definition) is 2. The first-order chi connectivity index (χ1) is 10.8. The van der Waals surface area contributed by atoms with Gasteiger partial charge in [0, 0.05) is 32.3 Å². The molecule has 8 nitrogen and oxygen atoms in total. The maximum absolute atomic E-state index is 11.6. The van der Waals surface area contributed by atoms with Gasteiger partial charge in [-0.3, -0.25) is 14.9 Å². The van der Waals surface area contributed by atoms with Crippen LogP contribution in [-0.4, -0.2) is 48.4 Å². The van der Waals surface area contributed by atoms with Crippen LogP contribution in [-0.2, 0) is 11.3 Å². The first-order valence-corrected chi connectivity index (χ1v) is 7.28. The van der Waals surface area contributed by atoms with Crippen LogP contribution >= 0.6 is 24.0 Å². The number of nitrogens with zero attached hydrogens (tertiary/aromatic N) is 3. The van der Waals surface area contributed by atoms with E-state index in [1.807, 2.05) is 13.8 Å². The highest BCUT2D eigenvalue weighted by molar-refractivity contribution is 14.0. The van der Waals surface area contributed by atoms with Crippen LogP contribution in [0.5, 0.6) is 0 Å². The fourth-order valence-corrected chi connectivity index (χ4v) is 1.64. The molecule has 0 aliphatic rings. The van der Waals surface area contributed by atoms with E-state index in [1.165, 1.54) is 17.0 Å². The van der Waals surface area contributed by atoms with Gasteiger partial charge in [-0.1, -0.05) is 12.1 Å². The molecule has 0 saturated carbocycles. The molecule has 0 aromatic heterocycles. The summed E-state index contributed by atoms with van der Waals surface area (Å²) in [6.45, 7) is 4.44. The van der Waals surface area contributed by atoms with Gasteiger partial charge >= 0.3 is 0 Å². The quantitative estimate of drug-likeness (QED) is 0.227. The minimum Gasteiger partial charge on any atom is -0.354 e. The molecule has 0 atom stereocenters. The molecule has 1 amide bonds. The summed E-state index contributed by atoms with van der Waals surface area (Å²) in [4.78, 5) is 27.7. The Kier molecular flexibility index (Phi) is 9.93. The van der Waals surface area contributed by atoms with Crippen LogP contribution in [0.1, 0.15) is 19.4 Å². The highest BCUT2D eigenvalue weighted by Gasteiger charge is 2.07. The van der Waals surface area contributed by atoms with Crippen molar-refractivity contribution in [2.24, 2.45) is 4.99 Å². The molecule has 0 saturated heterocycles. The van der Waals surface area contributed by atoms with E-state index in [9.17, 15) is 14.9 Å². The van der Waals surface area contributed by atoms with E-state index < -0.39 is 4.92 Å². The lowest BCUT2D eigenvalue weighted by molar-refractivity contribution is -0.384. The van der Waals surface area contributed by atoms with Crippen molar-refractivity contribution in [2.45, 2.75) is 26.4 Å². The first kappa shape index (κ1) is 22.1. The Labute approximate surface area is 158 Å². The van der Waals surface area contributed by atoms with Crippen molar-refractivity contribution < 1.29 is 9.72 Å². The molecular weight excluding hydrogens is 425 g/mol. The molecular formula is C15H24IN5O3. The summed E-state index contributed by atoms with van der Waals surface area (Å²) in [7, 11) is 3.38. The van der Waals surface area contributed by atoms with Crippen LogP contribution in [0.2, 0.25) is 0 Å². The number of non-ortho nitro benzene ring substituents is 1. The average Bonchev–Trinajstić information content (AvgIpc) is 2.49. The number of amides is 1. The fraction of sp³-hybridized carbons (Fsp3) is 0.467. The summed E-state index contributed by atoms with van der Waals surface area (Å²) < 4.78 is 0. The maximum atomic E-state index is 11.6. The van der Waals surface area contributed by atoms with Gasteiger partial charge in [0.1, 0.15) is 0 Å². The van der Waals surface area contributed by atoms with Crippen LogP contribution in [0.25, 0.3) is 0 Å². The highest BCUT2D eigenvalue weighted by atomic mass is 127. The van der Waals surface area contributed by atoms with Crippen molar-refractivity contribution in [3.8, 4) is 0 Å². The predicted molar refractivity (Wildman–Crippen MR) is 105 cm³/mol. The summed E-state index contributed by atoms with van der Waals surface area (Å²) in [5.41, 5.74) is 0.896. The van der Waals surface area contributed by atoms with E-state index >= 15 is 0 Å². The Morgan fingerprint density at radius 1 is 1.29 bits per heavy atom. The van der Waals surface area contributed by atoms with E-state index in [4.69, 9.17) is 0 Å². The molecule has 134 valence electrons. The molecule has 0 aliphatic heterocycles. The highest BCUT2D eigenvalue weighted by Crippen LogP contribution is 2.12. The topological polar surface area (TPSA) is 99.9 Å². The van der Waals surface area contributed by atoms with Crippen LogP contribution in [0.15, 0.2) is 29.3 Å². The molecule has 0 bridgehead atoms. The Hall–Kier alpha value is -1.91. The van der Waals surface area contributed by atoms with Gasteiger partial charge in [0.25, 0.3) is 5.69 Å². The molecule has 24 heavy (non-hydrogen) atoms. The zero-order chi connectivity index (χ0) is 17.4. The third-order valence-electron chi connectivity index (χ3n) is 2.90. The summed E-state index contributed by atoms with van der Waals surface area (Å²) >= 11 is 0. The number of hydrogen-bond acceptors (Lipinski definition) is 4. The summed E-state index contributed by atoms with van der Waals surface area (Å²) in [6.07, 6.45) is 0. The Morgan fingerprint density at radius 2 is 1.88 bits per heavy atom. The largest absolute Gasteiger partial charge is 0.354 e. The van der Waals surface area contributed by atoms with Gasteiger partial charge in [-0.15, -0.1) is 24.0 Å². The smallest absolute Gasteiger partial charge is 0.269 e. The second-order valence-electron chi connectivity index (χ2n) is 5.53. The molecule has 0 spiro atoms. The van der Waals surface area contributed by atoms with E-state index in [0.717, 1.165) is 5.56 Å². The monoisotopic (exact) mass is 449 g/mol. The van der Waals surface area contributed by atoms with Gasteiger partial charge < -0.3 is 15.5 Å². The number of likely N-dealkylation sites (N-methyl/N-ethyl adjacent to an activating group) is 1. The van der Waals surface area contributed by atoms with Crippen molar-refractivity contribution in [3.05, 3.63) is 39.9 Å². The molecule has 0 unspecified atom stereocenters. The first-order valence-electron chi connectivity index (χ1n) is 7.28. The normalized spacial score (nSPS) is 10.8. The molecule has 2 N–H and O–H groups in total. The lowest BCUT2D eigenvalue weighted by Gasteiger charge is -2.16. The van der Waals surface area contributed by atoms with Crippen molar-refractivity contribution in [1.29, 1.82) is 0 Å². The molecule has 0 aliphatic carbocycles. The molecule has 1 aromatic rings. The number of guanidine groups is 1. The zero-order valence-electron chi connectivity index (χ0n) is 14.3. The third kappa shape index (κ3) is 8.09. The zero-order valence-corrected chi connectivity index (χ0v) is 16.6. The van der Waals surface area contributed by atoms with Gasteiger partial charge in [0.15, 0.2) is 5.96 Å².